The fraction of sp³-hybridized carbons (Fsp3) is 0.409. The molecule has 3 heterocycles. The number of carbonyl (C=O) groups excluding carboxylic acids is 1. The molecule has 1 aliphatic heterocycles. The maximum atomic E-state index is 13.1. The Balaban J connectivity index is 1.49. The number of thiophene rings is 1. The number of amides is 1. The van der Waals surface area contributed by atoms with Crippen LogP contribution in [0.3, 0.4) is 0 Å². The van der Waals surface area contributed by atoms with Gasteiger partial charge in [0.05, 0.1) is 5.39 Å². The fourth-order valence-electron chi connectivity index (χ4n) is 4.13. The SMILES string of the molecule is Cc1cc(Br)ccc1N(C)C(=O)C1CCN(c2ncnc3sc(C)c(C)c23)CC1. The van der Waals surface area contributed by atoms with Crippen molar-refractivity contribution < 1.29 is 4.79 Å². The molecule has 0 bridgehead atoms. The second kappa shape index (κ2) is 8.03. The summed E-state index contributed by atoms with van der Waals surface area (Å²) in [6, 6.07) is 6.04. The second-order valence-corrected chi connectivity index (χ2v) is 9.87. The molecule has 3 aromatic rings. The predicted octanol–water partition coefficient (Wildman–Crippen LogP) is 5.26. The molecule has 0 unspecified atom stereocenters. The molecule has 0 saturated carbocycles. The minimum absolute atomic E-state index is 0.0435. The summed E-state index contributed by atoms with van der Waals surface area (Å²) in [5.41, 5.74) is 3.34. The zero-order valence-electron chi connectivity index (χ0n) is 17.2. The van der Waals surface area contributed by atoms with E-state index in [1.165, 1.54) is 15.8 Å². The van der Waals surface area contributed by atoms with E-state index in [1.54, 1.807) is 17.7 Å². The number of benzene rings is 1. The van der Waals surface area contributed by atoms with Crippen LogP contribution in [0.25, 0.3) is 10.2 Å². The van der Waals surface area contributed by atoms with Crippen molar-refractivity contribution in [2.45, 2.75) is 33.6 Å². The molecule has 5 nitrogen and oxygen atoms in total. The van der Waals surface area contributed by atoms with Gasteiger partial charge in [-0.05, 0) is 62.9 Å². The van der Waals surface area contributed by atoms with Crippen LogP contribution < -0.4 is 9.80 Å². The first-order valence-corrected chi connectivity index (χ1v) is 11.5. The van der Waals surface area contributed by atoms with E-state index < -0.39 is 0 Å². The molecule has 2 aromatic heterocycles. The van der Waals surface area contributed by atoms with Gasteiger partial charge in [0, 0.05) is 41.1 Å². The first-order valence-electron chi connectivity index (χ1n) is 9.86. The molecule has 1 aliphatic rings. The van der Waals surface area contributed by atoms with E-state index in [0.717, 1.165) is 52.3 Å². The van der Waals surface area contributed by atoms with E-state index in [2.05, 4.69) is 44.6 Å². The highest BCUT2D eigenvalue weighted by Crippen LogP contribution is 2.36. The monoisotopic (exact) mass is 472 g/mol. The second-order valence-electron chi connectivity index (χ2n) is 7.75. The minimum Gasteiger partial charge on any atom is -0.356 e. The number of carbonyl (C=O) groups is 1. The first-order chi connectivity index (χ1) is 13.9. The zero-order chi connectivity index (χ0) is 20.7. The fourth-order valence-corrected chi connectivity index (χ4v) is 5.60. The highest BCUT2D eigenvalue weighted by Gasteiger charge is 2.29. The van der Waals surface area contributed by atoms with Crippen molar-refractivity contribution in [1.29, 1.82) is 0 Å². The van der Waals surface area contributed by atoms with E-state index >= 15 is 0 Å². The Morgan fingerprint density at radius 2 is 1.93 bits per heavy atom. The normalized spacial score (nSPS) is 15.1. The van der Waals surface area contributed by atoms with Crippen LogP contribution in [0.4, 0.5) is 11.5 Å². The topological polar surface area (TPSA) is 49.3 Å². The number of hydrogen-bond acceptors (Lipinski definition) is 5. The average Bonchev–Trinajstić information content (AvgIpc) is 3.01. The number of fused-ring (bicyclic) bond motifs is 1. The smallest absolute Gasteiger partial charge is 0.229 e. The molecule has 0 radical (unpaired) electrons. The van der Waals surface area contributed by atoms with Crippen molar-refractivity contribution in [1.82, 2.24) is 9.97 Å². The third-order valence-corrected chi connectivity index (χ3v) is 7.55. The van der Waals surface area contributed by atoms with Crippen LogP contribution in [-0.4, -0.2) is 36.0 Å². The molecule has 29 heavy (non-hydrogen) atoms. The Bertz CT molecular complexity index is 1070. The van der Waals surface area contributed by atoms with Crippen molar-refractivity contribution in [2.75, 3.05) is 29.9 Å². The molecule has 1 aromatic carbocycles. The van der Waals surface area contributed by atoms with Crippen molar-refractivity contribution in [2.24, 2.45) is 5.92 Å². The number of nitrogens with zero attached hydrogens (tertiary/aromatic N) is 4. The Morgan fingerprint density at radius 1 is 1.21 bits per heavy atom. The maximum Gasteiger partial charge on any atom is 0.229 e. The molecule has 1 saturated heterocycles. The van der Waals surface area contributed by atoms with E-state index in [4.69, 9.17) is 0 Å². The lowest BCUT2D eigenvalue weighted by atomic mass is 9.94. The number of rotatable bonds is 3. The van der Waals surface area contributed by atoms with Crippen LogP contribution in [0.5, 0.6) is 0 Å². The largest absolute Gasteiger partial charge is 0.356 e. The molecular weight excluding hydrogens is 448 g/mol. The number of piperidine rings is 1. The highest BCUT2D eigenvalue weighted by atomic mass is 79.9. The summed E-state index contributed by atoms with van der Waals surface area (Å²) in [5, 5.41) is 1.17. The molecule has 0 N–H and O–H groups in total. The van der Waals surface area contributed by atoms with E-state index in [9.17, 15) is 4.79 Å². The summed E-state index contributed by atoms with van der Waals surface area (Å²) in [6.07, 6.45) is 3.34. The Morgan fingerprint density at radius 3 is 2.62 bits per heavy atom. The van der Waals surface area contributed by atoms with Gasteiger partial charge < -0.3 is 9.80 Å². The van der Waals surface area contributed by atoms with Crippen LogP contribution in [0, 0.1) is 26.7 Å². The third kappa shape index (κ3) is 3.78. The lowest BCUT2D eigenvalue weighted by Gasteiger charge is -2.34. The predicted molar refractivity (Wildman–Crippen MR) is 124 cm³/mol. The van der Waals surface area contributed by atoms with Gasteiger partial charge in [0.15, 0.2) is 0 Å². The maximum absolute atomic E-state index is 13.1. The Kier molecular flexibility index (Phi) is 5.62. The van der Waals surface area contributed by atoms with Gasteiger partial charge in [-0.25, -0.2) is 9.97 Å². The van der Waals surface area contributed by atoms with Gasteiger partial charge in [0.1, 0.15) is 17.0 Å². The van der Waals surface area contributed by atoms with Crippen LogP contribution in [-0.2, 0) is 4.79 Å². The summed E-state index contributed by atoms with van der Waals surface area (Å²) < 4.78 is 1.03. The van der Waals surface area contributed by atoms with Crippen LogP contribution in [0.15, 0.2) is 29.0 Å². The minimum atomic E-state index is 0.0435. The number of halogens is 1. The molecule has 0 aliphatic carbocycles. The first kappa shape index (κ1) is 20.3. The van der Waals surface area contributed by atoms with Crippen molar-refractivity contribution in [3.63, 3.8) is 0 Å². The third-order valence-electron chi connectivity index (χ3n) is 5.94. The lowest BCUT2D eigenvalue weighted by molar-refractivity contribution is -0.122. The number of anilines is 2. The Labute approximate surface area is 183 Å². The quantitative estimate of drug-likeness (QED) is 0.521. The molecule has 152 valence electrons. The molecule has 0 atom stereocenters. The summed E-state index contributed by atoms with van der Waals surface area (Å²) in [5.74, 6) is 1.26. The number of aromatic nitrogens is 2. The van der Waals surface area contributed by atoms with Gasteiger partial charge in [0.25, 0.3) is 0 Å². The van der Waals surface area contributed by atoms with Crippen LogP contribution in [0.1, 0.15) is 28.8 Å². The highest BCUT2D eigenvalue weighted by molar-refractivity contribution is 9.10. The van der Waals surface area contributed by atoms with Gasteiger partial charge in [-0.3, -0.25) is 4.79 Å². The van der Waals surface area contributed by atoms with Gasteiger partial charge >= 0.3 is 0 Å². The van der Waals surface area contributed by atoms with Crippen LogP contribution in [0.2, 0.25) is 0 Å². The van der Waals surface area contributed by atoms with E-state index in [1.807, 2.05) is 37.1 Å². The van der Waals surface area contributed by atoms with Gasteiger partial charge in [0.2, 0.25) is 5.91 Å². The summed E-state index contributed by atoms with van der Waals surface area (Å²) >= 11 is 5.22. The molecule has 4 rings (SSSR count). The van der Waals surface area contributed by atoms with E-state index in [-0.39, 0.29) is 11.8 Å². The molecule has 7 heteroatoms. The van der Waals surface area contributed by atoms with Crippen LogP contribution >= 0.6 is 27.3 Å². The number of hydrogen-bond donors (Lipinski definition) is 0. The van der Waals surface area contributed by atoms with Gasteiger partial charge in [-0.15, -0.1) is 11.3 Å². The van der Waals surface area contributed by atoms with E-state index in [0.29, 0.717) is 0 Å². The molecule has 1 fully saturated rings. The summed E-state index contributed by atoms with van der Waals surface area (Å²) in [7, 11) is 1.89. The molecule has 1 amide bonds. The molecule has 0 spiro atoms. The Hall–Kier alpha value is -1.99. The summed E-state index contributed by atoms with van der Waals surface area (Å²) in [4.78, 5) is 28.6. The average molecular weight is 473 g/mol. The van der Waals surface area contributed by atoms with Gasteiger partial charge in [-0.2, -0.15) is 0 Å². The van der Waals surface area contributed by atoms with Crippen molar-refractivity contribution in [3.05, 3.63) is 45.0 Å². The van der Waals surface area contributed by atoms with Crippen molar-refractivity contribution >= 4 is 54.9 Å². The standard InChI is InChI=1S/C22H25BrN4OS/c1-13-11-17(23)5-6-18(13)26(4)22(28)16-7-9-27(10-8-16)20-19-14(2)15(3)29-21(19)25-12-24-20/h5-6,11-12,16H,7-10H2,1-4H3. The summed E-state index contributed by atoms with van der Waals surface area (Å²) in [6.45, 7) is 8.00. The molecular formula is C22H25BrN4OS. The zero-order valence-corrected chi connectivity index (χ0v) is 19.6. The van der Waals surface area contributed by atoms with Crippen molar-refractivity contribution in [3.8, 4) is 0 Å². The lowest BCUT2D eigenvalue weighted by Crippen LogP contribution is -2.41. The van der Waals surface area contributed by atoms with Gasteiger partial charge in [-0.1, -0.05) is 15.9 Å². The number of aryl methyl sites for hydroxylation is 3.